The summed E-state index contributed by atoms with van der Waals surface area (Å²) in [6.07, 6.45) is 2.58. The van der Waals surface area contributed by atoms with Crippen LogP contribution in [0.15, 0.2) is 0 Å². The molecule has 1 rings (SSSR count). The molecular weight excluding hydrogens is 228 g/mol. The van der Waals surface area contributed by atoms with Gasteiger partial charge in [-0.3, -0.25) is 9.59 Å². The van der Waals surface area contributed by atoms with Crippen molar-refractivity contribution in [3.8, 4) is 0 Å². The molecule has 2 amide bonds. The third-order valence-electron chi connectivity index (χ3n) is 2.88. The molecule has 92 valence electrons. The van der Waals surface area contributed by atoms with Crippen molar-refractivity contribution in [2.75, 3.05) is 12.4 Å². The van der Waals surface area contributed by atoms with Crippen molar-refractivity contribution < 1.29 is 14.7 Å². The van der Waals surface area contributed by atoms with Crippen LogP contribution in [0.2, 0.25) is 0 Å². The normalized spacial score (nSPS) is 19.4. The third-order valence-corrected chi connectivity index (χ3v) is 3.24. The Labute approximate surface area is 100 Å². The number of rotatable bonds is 5. The van der Waals surface area contributed by atoms with Crippen molar-refractivity contribution in [3.63, 3.8) is 0 Å². The molecule has 1 fully saturated rings. The van der Waals surface area contributed by atoms with Crippen LogP contribution in [0.5, 0.6) is 0 Å². The smallest absolute Gasteiger partial charge is 0.243 e. The number of aliphatic hydroxyl groups excluding tert-OH is 1. The topological polar surface area (TPSA) is 78.4 Å². The van der Waals surface area contributed by atoms with Crippen molar-refractivity contribution in [2.24, 2.45) is 0 Å². The van der Waals surface area contributed by atoms with Gasteiger partial charge in [0, 0.05) is 12.7 Å². The lowest BCUT2D eigenvalue weighted by molar-refractivity contribution is -0.130. The van der Waals surface area contributed by atoms with Crippen molar-refractivity contribution in [1.29, 1.82) is 0 Å². The zero-order valence-electron chi connectivity index (χ0n) is 9.32. The van der Waals surface area contributed by atoms with E-state index in [1.54, 1.807) is 0 Å². The summed E-state index contributed by atoms with van der Waals surface area (Å²) in [5.41, 5.74) is -0.475. The molecule has 5 nitrogen and oxygen atoms in total. The molecule has 1 aliphatic rings. The van der Waals surface area contributed by atoms with Gasteiger partial charge in [0.05, 0.1) is 12.1 Å². The Kier molecular flexibility index (Phi) is 4.61. The number of carbonyl (C=O) groups excluding carboxylic acids is 2. The highest BCUT2D eigenvalue weighted by Gasteiger charge is 2.38. The lowest BCUT2D eigenvalue weighted by Gasteiger charge is -2.41. The maximum atomic E-state index is 11.8. The predicted molar refractivity (Wildman–Crippen MR) is 63.3 cm³/mol. The summed E-state index contributed by atoms with van der Waals surface area (Å²) in [6.45, 7) is 1.30. The van der Waals surface area contributed by atoms with Gasteiger partial charge in [0.2, 0.25) is 11.8 Å². The molecule has 6 heteroatoms. The van der Waals surface area contributed by atoms with E-state index < -0.39 is 11.6 Å². The van der Waals surface area contributed by atoms with E-state index in [1.807, 2.05) is 0 Å². The Balaban J connectivity index is 2.51. The molecule has 0 spiro atoms. The van der Waals surface area contributed by atoms with E-state index >= 15 is 0 Å². The second-order valence-electron chi connectivity index (χ2n) is 4.22. The standard InChI is InChI=1S/C10H18N2O3S/c1-7(14)11-8(5-16)9(15)12-10(6-13)3-2-4-10/h8,13,16H,2-6H2,1H3,(H,11,14)(H,12,15). The van der Waals surface area contributed by atoms with E-state index in [9.17, 15) is 14.7 Å². The Morgan fingerprint density at radius 1 is 1.50 bits per heavy atom. The number of carbonyl (C=O) groups is 2. The van der Waals surface area contributed by atoms with E-state index in [0.29, 0.717) is 0 Å². The van der Waals surface area contributed by atoms with Gasteiger partial charge in [-0.2, -0.15) is 12.6 Å². The van der Waals surface area contributed by atoms with E-state index in [4.69, 9.17) is 0 Å². The van der Waals surface area contributed by atoms with E-state index in [0.717, 1.165) is 19.3 Å². The molecule has 16 heavy (non-hydrogen) atoms. The summed E-state index contributed by atoms with van der Waals surface area (Å²) in [5.74, 6) is -0.299. The first kappa shape index (κ1) is 13.3. The van der Waals surface area contributed by atoms with Crippen molar-refractivity contribution in [3.05, 3.63) is 0 Å². The van der Waals surface area contributed by atoms with Gasteiger partial charge in [0.25, 0.3) is 0 Å². The van der Waals surface area contributed by atoms with E-state index in [-0.39, 0.29) is 24.2 Å². The first-order valence-corrected chi connectivity index (χ1v) is 5.97. The van der Waals surface area contributed by atoms with Gasteiger partial charge in [-0.05, 0) is 19.3 Å². The minimum atomic E-state index is -0.634. The Morgan fingerprint density at radius 3 is 2.44 bits per heavy atom. The Hall–Kier alpha value is -0.750. The second-order valence-corrected chi connectivity index (χ2v) is 4.58. The molecule has 0 heterocycles. The van der Waals surface area contributed by atoms with Crippen LogP contribution in [0.3, 0.4) is 0 Å². The third kappa shape index (κ3) is 3.12. The van der Waals surface area contributed by atoms with Crippen LogP contribution in [-0.4, -0.2) is 40.9 Å². The van der Waals surface area contributed by atoms with E-state index in [2.05, 4.69) is 23.3 Å². The van der Waals surface area contributed by atoms with Crippen LogP contribution in [0.1, 0.15) is 26.2 Å². The summed E-state index contributed by atoms with van der Waals surface area (Å²) in [5, 5.41) is 14.5. The minimum absolute atomic E-state index is 0.0574. The molecule has 0 aromatic carbocycles. The molecule has 0 bridgehead atoms. The maximum Gasteiger partial charge on any atom is 0.243 e. The van der Waals surface area contributed by atoms with Crippen molar-refractivity contribution in [1.82, 2.24) is 10.6 Å². The SMILES string of the molecule is CC(=O)NC(CS)C(=O)NC1(CO)CCC1. The fraction of sp³-hybridized carbons (Fsp3) is 0.800. The van der Waals surface area contributed by atoms with Gasteiger partial charge in [0.15, 0.2) is 0 Å². The monoisotopic (exact) mass is 246 g/mol. The number of hydrogen-bond acceptors (Lipinski definition) is 4. The van der Waals surface area contributed by atoms with Crippen LogP contribution in [0.4, 0.5) is 0 Å². The number of hydrogen-bond donors (Lipinski definition) is 4. The first-order valence-electron chi connectivity index (χ1n) is 5.34. The van der Waals surface area contributed by atoms with Gasteiger partial charge < -0.3 is 15.7 Å². The zero-order chi connectivity index (χ0) is 12.2. The zero-order valence-corrected chi connectivity index (χ0v) is 10.2. The molecule has 1 atom stereocenters. The highest BCUT2D eigenvalue weighted by molar-refractivity contribution is 7.80. The Bertz CT molecular complexity index is 274. The lowest BCUT2D eigenvalue weighted by Crippen LogP contribution is -2.60. The number of thiol groups is 1. The fourth-order valence-electron chi connectivity index (χ4n) is 1.71. The molecule has 1 unspecified atom stereocenters. The van der Waals surface area contributed by atoms with Gasteiger partial charge in [-0.15, -0.1) is 0 Å². The van der Waals surface area contributed by atoms with Crippen LogP contribution >= 0.6 is 12.6 Å². The van der Waals surface area contributed by atoms with Crippen LogP contribution in [0.25, 0.3) is 0 Å². The quantitative estimate of drug-likeness (QED) is 0.492. The summed E-state index contributed by atoms with van der Waals surface area (Å²) in [7, 11) is 0. The van der Waals surface area contributed by atoms with Crippen molar-refractivity contribution in [2.45, 2.75) is 37.8 Å². The number of nitrogens with one attached hydrogen (secondary N) is 2. The van der Waals surface area contributed by atoms with Gasteiger partial charge >= 0.3 is 0 Å². The lowest BCUT2D eigenvalue weighted by atomic mass is 9.77. The summed E-state index contributed by atoms with van der Waals surface area (Å²) in [6, 6.07) is -0.634. The van der Waals surface area contributed by atoms with Gasteiger partial charge in [-0.1, -0.05) is 0 Å². The van der Waals surface area contributed by atoms with Crippen LogP contribution in [-0.2, 0) is 9.59 Å². The van der Waals surface area contributed by atoms with Gasteiger partial charge in [0.1, 0.15) is 6.04 Å². The molecule has 1 saturated carbocycles. The highest BCUT2D eigenvalue weighted by atomic mass is 32.1. The molecule has 0 aromatic rings. The highest BCUT2D eigenvalue weighted by Crippen LogP contribution is 2.31. The van der Waals surface area contributed by atoms with Crippen LogP contribution < -0.4 is 10.6 Å². The summed E-state index contributed by atoms with van der Waals surface area (Å²) in [4.78, 5) is 22.7. The summed E-state index contributed by atoms with van der Waals surface area (Å²) < 4.78 is 0. The average Bonchev–Trinajstić information content (AvgIpc) is 2.19. The van der Waals surface area contributed by atoms with Gasteiger partial charge in [-0.25, -0.2) is 0 Å². The molecule has 0 aromatic heterocycles. The average molecular weight is 246 g/mol. The molecule has 0 saturated heterocycles. The van der Waals surface area contributed by atoms with Crippen LogP contribution in [0, 0.1) is 0 Å². The maximum absolute atomic E-state index is 11.8. The molecule has 0 aliphatic heterocycles. The number of amides is 2. The molecule has 1 aliphatic carbocycles. The van der Waals surface area contributed by atoms with Crippen molar-refractivity contribution >= 4 is 24.4 Å². The Morgan fingerprint density at radius 2 is 2.12 bits per heavy atom. The molecule has 3 N–H and O–H groups in total. The largest absolute Gasteiger partial charge is 0.394 e. The van der Waals surface area contributed by atoms with E-state index in [1.165, 1.54) is 6.92 Å². The number of aliphatic hydroxyl groups is 1. The molecular formula is C10H18N2O3S. The predicted octanol–water partition coefficient (Wildman–Crippen LogP) is -0.548. The second kappa shape index (κ2) is 5.54. The molecule has 0 radical (unpaired) electrons. The summed E-state index contributed by atoms with van der Waals surface area (Å²) >= 11 is 4.02. The fourth-order valence-corrected chi connectivity index (χ4v) is 1.97. The first-order chi connectivity index (χ1) is 7.53. The minimum Gasteiger partial charge on any atom is -0.394 e.